The molecule has 7 heteroatoms. The van der Waals surface area contributed by atoms with Crippen LogP contribution in [0.5, 0.6) is 11.5 Å². The third-order valence-corrected chi connectivity index (χ3v) is 6.39. The quantitative estimate of drug-likeness (QED) is 0.711. The van der Waals surface area contributed by atoms with Gasteiger partial charge >= 0.3 is 7.12 Å². The number of methoxy groups -OCH3 is 2. The number of hydrogen-bond donors (Lipinski definition) is 0. The zero-order valence-electron chi connectivity index (χ0n) is 18.4. The second kappa shape index (κ2) is 7.32. The average molecular weight is 409 g/mol. The summed E-state index contributed by atoms with van der Waals surface area (Å²) in [6.45, 7) is 9.15. The number of carbonyl (C=O) groups excluding carboxylic acids is 1. The van der Waals surface area contributed by atoms with Gasteiger partial charge in [0.15, 0.2) is 0 Å². The van der Waals surface area contributed by atoms with Crippen LogP contribution in [0.4, 0.5) is 0 Å². The van der Waals surface area contributed by atoms with Gasteiger partial charge in [-0.15, -0.1) is 0 Å². The van der Waals surface area contributed by atoms with Crippen molar-refractivity contribution in [1.29, 1.82) is 0 Å². The molecular formula is C23H28BNO5. The van der Waals surface area contributed by atoms with Gasteiger partial charge in [-0.2, -0.15) is 0 Å². The molecule has 0 N–H and O–H groups in total. The van der Waals surface area contributed by atoms with Crippen molar-refractivity contribution in [2.24, 2.45) is 0 Å². The first kappa shape index (κ1) is 20.8. The van der Waals surface area contributed by atoms with Crippen LogP contribution in [0.15, 0.2) is 36.4 Å². The number of benzene rings is 2. The van der Waals surface area contributed by atoms with Crippen LogP contribution in [-0.4, -0.2) is 43.3 Å². The third kappa shape index (κ3) is 3.46. The summed E-state index contributed by atoms with van der Waals surface area (Å²) in [5, 5.41) is 0. The number of rotatable bonds is 5. The summed E-state index contributed by atoms with van der Waals surface area (Å²) in [6, 6.07) is 11.5. The minimum absolute atomic E-state index is 0.0170. The summed E-state index contributed by atoms with van der Waals surface area (Å²) in [5.74, 6) is 1.44. The largest absolute Gasteiger partial charge is 0.497 e. The minimum Gasteiger partial charge on any atom is -0.497 e. The summed E-state index contributed by atoms with van der Waals surface area (Å²) in [5.41, 5.74) is 2.78. The normalized spacial score (nSPS) is 19.2. The molecule has 0 aliphatic carbocycles. The highest BCUT2D eigenvalue weighted by atomic mass is 16.7. The van der Waals surface area contributed by atoms with Crippen molar-refractivity contribution in [3.63, 3.8) is 0 Å². The van der Waals surface area contributed by atoms with E-state index in [1.807, 2.05) is 69.0 Å². The first-order valence-electron chi connectivity index (χ1n) is 10.1. The Bertz CT molecular complexity index is 972. The Labute approximate surface area is 178 Å². The number of fused-ring (bicyclic) bond motifs is 1. The fourth-order valence-electron chi connectivity index (χ4n) is 3.84. The van der Waals surface area contributed by atoms with Gasteiger partial charge < -0.3 is 23.7 Å². The second-order valence-electron chi connectivity index (χ2n) is 8.84. The lowest BCUT2D eigenvalue weighted by atomic mass is 9.78. The van der Waals surface area contributed by atoms with Crippen molar-refractivity contribution in [2.75, 3.05) is 14.2 Å². The van der Waals surface area contributed by atoms with Crippen molar-refractivity contribution in [3.05, 3.63) is 53.1 Å². The fraction of sp³-hybridized carbons (Fsp3) is 0.435. The Morgan fingerprint density at radius 2 is 1.70 bits per heavy atom. The highest BCUT2D eigenvalue weighted by Crippen LogP contribution is 2.37. The van der Waals surface area contributed by atoms with E-state index < -0.39 is 18.3 Å². The third-order valence-electron chi connectivity index (χ3n) is 6.39. The molecule has 0 aromatic heterocycles. The van der Waals surface area contributed by atoms with Crippen molar-refractivity contribution in [3.8, 4) is 11.5 Å². The maximum atomic E-state index is 13.0. The van der Waals surface area contributed by atoms with Crippen LogP contribution in [0, 0.1) is 0 Å². The number of carbonyl (C=O) groups is 1. The molecule has 0 bridgehead atoms. The molecule has 1 saturated heterocycles. The van der Waals surface area contributed by atoms with E-state index in [9.17, 15) is 4.79 Å². The molecule has 2 aliphatic rings. The zero-order valence-corrected chi connectivity index (χ0v) is 18.4. The van der Waals surface area contributed by atoms with Gasteiger partial charge in [-0.25, -0.2) is 0 Å². The maximum Gasteiger partial charge on any atom is 0.494 e. The summed E-state index contributed by atoms with van der Waals surface area (Å²) in [7, 11) is 2.80. The molecule has 2 aromatic carbocycles. The topological polar surface area (TPSA) is 57.2 Å². The van der Waals surface area contributed by atoms with E-state index in [1.54, 1.807) is 14.2 Å². The van der Waals surface area contributed by atoms with Gasteiger partial charge in [0, 0.05) is 30.3 Å². The van der Waals surface area contributed by atoms with Gasteiger partial charge in [0.1, 0.15) is 11.5 Å². The molecule has 0 spiro atoms. The number of ether oxygens (including phenoxy) is 2. The van der Waals surface area contributed by atoms with Gasteiger partial charge in [-0.3, -0.25) is 4.79 Å². The molecule has 6 nitrogen and oxygen atoms in total. The molecule has 0 unspecified atom stereocenters. The molecule has 1 amide bonds. The SMILES string of the molecule is COc1ccc(CN2Cc3cc(B4OC(C)(C)C(C)(C)O4)ccc3C2=O)c(OC)c1. The molecule has 0 radical (unpaired) electrons. The van der Waals surface area contributed by atoms with E-state index in [4.69, 9.17) is 18.8 Å². The van der Waals surface area contributed by atoms with Gasteiger partial charge in [-0.05, 0) is 56.9 Å². The highest BCUT2D eigenvalue weighted by Gasteiger charge is 2.51. The molecule has 1 fully saturated rings. The van der Waals surface area contributed by atoms with Gasteiger partial charge in [0.05, 0.1) is 25.4 Å². The number of nitrogens with zero attached hydrogens (tertiary/aromatic N) is 1. The van der Waals surface area contributed by atoms with Crippen molar-refractivity contribution in [1.82, 2.24) is 4.90 Å². The standard InChI is InChI=1S/C23H28BNO5/c1-22(2)23(3,4)30-24(29-22)17-8-10-19-16(11-17)14-25(21(19)26)13-15-7-9-18(27-5)12-20(15)28-6/h7-12H,13-14H2,1-6H3. The first-order chi connectivity index (χ1) is 14.1. The lowest BCUT2D eigenvalue weighted by Crippen LogP contribution is -2.41. The van der Waals surface area contributed by atoms with Crippen molar-refractivity contribution >= 4 is 18.5 Å². The Kier molecular flexibility index (Phi) is 5.07. The van der Waals surface area contributed by atoms with Crippen LogP contribution in [0.25, 0.3) is 0 Å². The monoisotopic (exact) mass is 409 g/mol. The Balaban J connectivity index is 1.54. The molecular weight excluding hydrogens is 381 g/mol. The molecule has 0 atom stereocenters. The van der Waals surface area contributed by atoms with Crippen molar-refractivity contribution < 1.29 is 23.6 Å². The fourth-order valence-corrected chi connectivity index (χ4v) is 3.84. The Hall–Kier alpha value is -2.51. The summed E-state index contributed by atoms with van der Waals surface area (Å²) in [6.07, 6.45) is 0. The molecule has 4 rings (SSSR count). The van der Waals surface area contributed by atoms with E-state index in [1.165, 1.54) is 0 Å². The lowest BCUT2D eigenvalue weighted by Gasteiger charge is -2.32. The predicted octanol–water partition coefficient (Wildman–Crippen LogP) is 3.16. The highest BCUT2D eigenvalue weighted by molar-refractivity contribution is 6.62. The number of amides is 1. The molecule has 30 heavy (non-hydrogen) atoms. The van der Waals surface area contributed by atoms with Gasteiger partial charge in [-0.1, -0.05) is 12.1 Å². The smallest absolute Gasteiger partial charge is 0.494 e. The number of hydrogen-bond acceptors (Lipinski definition) is 5. The van der Waals surface area contributed by atoms with E-state index in [-0.39, 0.29) is 5.91 Å². The summed E-state index contributed by atoms with van der Waals surface area (Å²) >= 11 is 0. The molecule has 158 valence electrons. The van der Waals surface area contributed by atoms with Crippen LogP contribution in [-0.2, 0) is 22.4 Å². The molecule has 2 heterocycles. The zero-order chi connectivity index (χ0) is 21.7. The van der Waals surface area contributed by atoms with Crippen molar-refractivity contribution in [2.45, 2.75) is 52.0 Å². The van der Waals surface area contributed by atoms with Crippen LogP contribution in [0.3, 0.4) is 0 Å². The maximum absolute atomic E-state index is 13.0. The predicted molar refractivity (Wildman–Crippen MR) is 115 cm³/mol. The van der Waals surface area contributed by atoms with Crippen LogP contribution in [0.2, 0.25) is 0 Å². The Morgan fingerprint density at radius 1 is 1.00 bits per heavy atom. The molecule has 2 aromatic rings. The average Bonchev–Trinajstić information content (AvgIpc) is 3.13. The lowest BCUT2D eigenvalue weighted by molar-refractivity contribution is 0.00578. The molecule has 0 saturated carbocycles. The summed E-state index contributed by atoms with van der Waals surface area (Å²) < 4.78 is 23.1. The van der Waals surface area contributed by atoms with Crippen LogP contribution in [0.1, 0.15) is 49.2 Å². The van der Waals surface area contributed by atoms with Gasteiger partial charge in [0.25, 0.3) is 5.91 Å². The van der Waals surface area contributed by atoms with Crippen LogP contribution < -0.4 is 14.9 Å². The second-order valence-corrected chi connectivity index (χ2v) is 8.84. The van der Waals surface area contributed by atoms with E-state index in [0.717, 1.165) is 27.9 Å². The van der Waals surface area contributed by atoms with Gasteiger partial charge in [0.2, 0.25) is 0 Å². The molecule has 2 aliphatic heterocycles. The van der Waals surface area contributed by atoms with Crippen LogP contribution >= 0.6 is 0 Å². The summed E-state index contributed by atoms with van der Waals surface area (Å²) in [4.78, 5) is 14.8. The van der Waals surface area contributed by atoms with E-state index >= 15 is 0 Å². The van der Waals surface area contributed by atoms with E-state index in [0.29, 0.717) is 18.8 Å². The van der Waals surface area contributed by atoms with E-state index in [2.05, 4.69) is 0 Å². The minimum atomic E-state index is -0.439. The Morgan fingerprint density at radius 3 is 2.33 bits per heavy atom. The first-order valence-corrected chi connectivity index (χ1v) is 10.1.